The quantitative estimate of drug-likeness (QED) is 0.772. The van der Waals surface area contributed by atoms with Crippen molar-refractivity contribution in [1.82, 2.24) is 0 Å². The fraction of sp³-hybridized carbons (Fsp3) is 0.462. The molecule has 0 saturated carbocycles. The fourth-order valence-corrected chi connectivity index (χ4v) is 2.43. The molecule has 1 unspecified atom stereocenters. The van der Waals surface area contributed by atoms with Crippen LogP contribution in [0.5, 0.6) is 0 Å². The van der Waals surface area contributed by atoms with Crippen molar-refractivity contribution < 1.29 is 9.47 Å². The number of hydrogen-bond donors (Lipinski definition) is 0. The van der Waals surface area contributed by atoms with Crippen LogP contribution in [0.1, 0.15) is 19.4 Å². The molecule has 0 spiro atoms. The molecule has 4 heteroatoms. The Morgan fingerprint density at radius 3 is 3.06 bits per heavy atom. The average molecular weight is 345 g/mol. The largest absolute Gasteiger partial charge is 0.480 e. The third kappa shape index (κ3) is 2.98. The molecule has 0 bridgehead atoms. The van der Waals surface area contributed by atoms with Gasteiger partial charge in [-0.1, -0.05) is 12.1 Å². The van der Waals surface area contributed by atoms with E-state index in [1.54, 1.807) is 0 Å². The van der Waals surface area contributed by atoms with Crippen LogP contribution in [0.4, 0.5) is 0 Å². The van der Waals surface area contributed by atoms with Gasteiger partial charge >= 0.3 is 0 Å². The Balaban J connectivity index is 2.32. The molecule has 1 heterocycles. The second kappa shape index (κ2) is 5.35. The van der Waals surface area contributed by atoms with E-state index >= 15 is 0 Å². The van der Waals surface area contributed by atoms with Gasteiger partial charge in [0, 0.05) is 3.57 Å². The van der Waals surface area contributed by atoms with E-state index in [4.69, 9.17) is 9.47 Å². The Morgan fingerprint density at radius 2 is 2.35 bits per heavy atom. The minimum Gasteiger partial charge on any atom is -0.480 e. The van der Waals surface area contributed by atoms with E-state index in [1.165, 1.54) is 9.13 Å². The molecule has 1 aromatic rings. The standard InChI is InChI=1S/C13H16INO2/c1-3-17-12-8-16-9-13(2,15-12)10-5-4-6-11(14)7-10/h4-7H,3,8-9H2,1-2H3. The number of aliphatic imine (C=N–C) groups is 1. The van der Waals surface area contributed by atoms with E-state index < -0.39 is 0 Å². The van der Waals surface area contributed by atoms with Gasteiger partial charge in [-0.25, -0.2) is 4.99 Å². The Labute approximate surface area is 115 Å². The molecule has 0 saturated heterocycles. The molecule has 2 rings (SSSR count). The molecular weight excluding hydrogens is 329 g/mol. The predicted molar refractivity (Wildman–Crippen MR) is 76.4 cm³/mol. The lowest BCUT2D eigenvalue weighted by Crippen LogP contribution is -2.35. The van der Waals surface area contributed by atoms with Crippen molar-refractivity contribution in [2.75, 3.05) is 19.8 Å². The highest BCUT2D eigenvalue weighted by molar-refractivity contribution is 14.1. The van der Waals surface area contributed by atoms with Crippen molar-refractivity contribution in [2.24, 2.45) is 4.99 Å². The summed E-state index contributed by atoms with van der Waals surface area (Å²) in [5.41, 5.74) is 0.838. The summed E-state index contributed by atoms with van der Waals surface area (Å²) in [5, 5.41) is 0. The SMILES string of the molecule is CCOC1=NC(C)(c2cccc(I)c2)COC1. The zero-order chi connectivity index (χ0) is 12.3. The molecule has 0 aromatic heterocycles. The molecule has 3 nitrogen and oxygen atoms in total. The van der Waals surface area contributed by atoms with Gasteiger partial charge in [-0.15, -0.1) is 0 Å². The van der Waals surface area contributed by atoms with Gasteiger partial charge in [-0.3, -0.25) is 0 Å². The van der Waals surface area contributed by atoms with Gasteiger partial charge in [-0.2, -0.15) is 0 Å². The predicted octanol–water partition coefficient (Wildman–Crippen LogP) is 2.97. The highest BCUT2D eigenvalue weighted by atomic mass is 127. The number of benzene rings is 1. The Morgan fingerprint density at radius 1 is 1.53 bits per heavy atom. The van der Waals surface area contributed by atoms with Gasteiger partial charge in [0.1, 0.15) is 12.1 Å². The summed E-state index contributed by atoms with van der Waals surface area (Å²) in [4.78, 5) is 4.68. The molecule has 1 aromatic carbocycles. The van der Waals surface area contributed by atoms with Crippen LogP contribution in [0.15, 0.2) is 29.3 Å². The third-order valence-corrected chi connectivity index (χ3v) is 3.41. The lowest BCUT2D eigenvalue weighted by molar-refractivity contribution is 0.0861. The van der Waals surface area contributed by atoms with Crippen molar-refractivity contribution in [1.29, 1.82) is 0 Å². The number of nitrogens with zero attached hydrogens (tertiary/aromatic N) is 1. The molecule has 0 aliphatic carbocycles. The van der Waals surface area contributed by atoms with E-state index in [0.717, 1.165) is 0 Å². The van der Waals surface area contributed by atoms with Gasteiger partial charge in [0.05, 0.1) is 13.2 Å². The zero-order valence-electron chi connectivity index (χ0n) is 10.1. The first-order valence-electron chi connectivity index (χ1n) is 5.69. The van der Waals surface area contributed by atoms with Crippen molar-refractivity contribution >= 4 is 28.5 Å². The van der Waals surface area contributed by atoms with Crippen molar-refractivity contribution in [3.8, 4) is 0 Å². The molecule has 0 amide bonds. The summed E-state index contributed by atoms with van der Waals surface area (Å²) < 4.78 is 12.2. The van der Waals surface area contributed by atoms with Gasteiger partial charge in [0.25, 0.3) is 0 Å². The van der Waals surface area contributed by atoms with Gasteiger partial charge in [0.15, 0.2) is 0 Å². The second-order valence-electron chi connectivity index (χ2n) is 4.22. The Kier molecular flexibility index (Phi) is 4.04. The van der Waals surface area contributed by atoms with Crippen molar-refractivity contribution in [3.63, 3.8) is 0 Å². The fourth-order valence-electron chi connectivity index (χ4n) is 1.89. The molecule has 1 aliphatic rings. The minimum atomic E-state index is -0.329. The van der Waals surface area contributed by atoms with E-state index in [0.29, 0.717) is 25.7 Å². The van der Waals surface area contributed by atoms with Crippen LogP contribution in [0.2, 0.25) is 0 Å². The third-order valence-electron chi connectivity index (χ3n) is 2.74. The maximum absolute atomic E-state index is 5.59. The molecule has 1 aliphatic heterocycles. The molecule has 0 radical (unpaired) electrons. The first kappa shape index (κ1) is 12.8. The van der Waals surface area contributed by atoms with Gasteiger partial charge in [-0.05, 0) is 54.1 Å². The summed E-state index contributed by atoms with van der Waals surface area (Å²) in [6, 6.07) is 8.35. The van der Waals surface area contributed by atoms with Crippen LogP contribution < -0.4 is 0 Å². The van der Waals surface area contributed by atoms with E-state index in [1.807, 2.05) is 13.0 Å². The molecule has 0 fully saturated rings. The highest BCUT2D eigenvalue weighted by Gasteiger charge is 2.31. The maximum Gasteiger partial charge on any atom is 0.211 e. The zero-order valence-corrected chi connectivity index (χ0v) is 12.2. The summed E-state index contributed by atoms with van der Waals surface area (Å²) in [5.74, 6) is 0.695. The van der Waals surface area contributed by atoms with E-state index in [-0.39, 0.29) is 5.54 Å². The monoisotopic (exact) mass is 345 g/mol. The smallest absolute Gasteiger partial charge is 0.211 e. The number of ether oxygens (including phenoxy) is 2. The lowest BCUT2D eigenvalue weighted by atomic mass is 9.93. The lowest BCUT2D eigenvalue weighted by Gasteiger charge is -2.30. The van der Waals surface area contributed by atoms with Crippen LogP contribution in [0.25, 0.3) is 0 Å². The van der Waals surface area contributed by atoms with E-state index in [9.17, 15) is 0 Å². The van der Waals surface area contributed by atoms with Crippen LogP contribution in [-0.2, 0) is 15.0 Å². The Hall–Kier alpha value is -0.620. The highest BCUT2D eigenvalue weighted by Crippen LogP contribution is 2.29. The van der Waals surface area contributed by atoms with Crippen LogP contribution >= 0.6 is 22.6 Å². The topological polar surface area (TPSA) is 30.8 Å². The molecular formula is C13H16INO2. The number of hydrogen-bond acceptors (Lipinski definition) is 3. The summed E-state index contributed by atoms with van der Waals surface area (Å²) in [6.07, 6.45) is 0. The number of rotatable bonds is 2. The normalized spacial score (nSPS) is 24.3. The van der Waals surface area contributed by atoms with Crippen molar-refractivity contribution in [2.45, 2.75) is 19.4 Å². The summed E-state index contributed by atoms with van der Waals surface area (Å²) >= 11 is 2.31. The van der Waals surface area contributed by atoms with Crippen LogP contribution in [0.3, 0.4) is 0 Å². The number of halogens is 1. The molecule has 17 heavy (non-hydrogen) atoms. The molecule has 92 valence electrons. The first-order valence-corrected chi connectivity index (χ1v) is 6.77. The second-order valence-corrected chi connectivity index (χ2v) is 5.46. The molecule has 0 N–H and O–H groups in total. The summed E-state index contributed by atoms with van der Waals surface area (Å²) in [7, 11) is 0. The first-order chi connectivity index (χ1) is 8.14. The average Bonchev–Trinajstić information content (AvgIpc) is 2.30. The van der Waals surface area contributed by atoms with Gasteiger partial charge < -0.3 is 9.47 Å². The van der Waals surface area contributed by atoms with E-state index in [2.05, 4.69) is 52.7 Å². The molecule has 1 atom stereocenters. The van der Waals surface area contributed by atoms with Crippen LogP contribution in [-0.4, -0.2) is 25.7 Å². The maximum atomic E-state index is 5.59. The van der Waals surface area contributed by atoms with Crippen molar-refractivity contribution in [3.05, 3.63) is 33.4 Å². The minimum absolute atomic E-state index is 0.329. The van der Waals surface area contributed by atoms with Crippen LogP contribution in [0, 0.1) is 3.57 Å². The Bertz CT molecular complexity index is 433. The summed E-state index contributed by atoms with van der Waals surface area (Å²) in [6.45, 7) is 5.75. The van der Waals surface area contributed by atoms with Gasteiger partial charge in [0.2, 0.25) is 5.90 Å².